The zero-order valence-corrected chi connectivity index (χ0v) is 11.5. The van der Waals surface area contributed by atoms with Crippen LogP contribution < -0.4 is 0 Å². The van der Waals surface area contributed by atoms with Gasteiger partial charge in [-0.25, -0.2) is 0 Å². The average molecular weight is 263 g/mol. The Balaban J connectivity index is 2.08. The van der Waals surface area contributed by atoms with Crippen LogP contribution in [0.2, 0.25) is 0 Å². The summed E-state index contributed by atoms with van der Waals surface area (Å²) in [6.07, 6.45) is 3.28. The van der Waals surface area contributed by atoms with Crippen LogP contribution in [0.4, 0.5) is 0 Å². The van der Waals surface area contributed by atoms with Crippen molar-refractivity contribution in [2.45, 2.75) is 25.9 Å². The van der Waals surface area contributed by atoms with Crippen LogP contribution in [0.1, 0.15) is 24.2 Å². The predicted octanol–water partition coefficient (Wildman–Crippen LogP) is 0.609. The molecule has 2 rings (SSSR count). The first-order valence-electron chi connectivity index (χ1n) is 6.69. The van der Waals surface area contributed by atoms with Crippen LogP contribution in [-0.4, -0.2) is 64.1 Å². The molecule has 0 saturated carbocycles. The van der Waals surface area contributed by atoms with Crippen molar-refractivity contribution in [3.8, 4) is 0 Å². The Morgan fingerprint density at radius 1 is 1.42 bits per heavy atom. The van der Waals surface area contributed by atoms with E-state index in [1.165, 1.54) is 0 Å². The van der Waals surface area contributed by atoms with Gasteiger partial charge in [-0.2, -0.15) is 0 Å². The van der Waals surface area contributed by atoms with Gasteiger partial charge in [0, 0.05) is 44.1 Å². The molecule has 1 aliphatic heterocycles. The molecule has 0 aliphatic carbocycles. The molecule has 1 amide bonds. The maximum absolute atomic E-state index is 12.4. The van der Waals surface area contributed by atoms with Gasteiger partial charge in [0.25, 0.3) is 5.91 Å². The molecule has 2 unspecified atom stereocenters. The molecule has 5 heteroatoms. The maximum Gasteiger partial charge on any atom is 0.255 e. The maximum atomic E-state index is 12.4. The summed E-state index contributed by atoms with van der Waals surface area (Å²) in [6, 6.07) is 4.00. The van der Waals surface area contributed by atoms with Crippen molar-refractivity contribution >= 4 is 5.91 Å². The van der Waals surface area contributed by atoms with Crippen LogP contribution in [0.15, 0.2) is 24.5 Å². The number of carbonyl (C=O) groups is 1. The van der Waals surface area contributed by atoms with Crippen molar-refractivity contribution in [2.75, 3.05) is 26.2 Å². The average Bonchev–Trinajstić information content (AvgIpc) is 2.43. The number of aliphatic hydroxyl groups is 1. The zero-order chi connectivity index (χ0) is 13.8. The normalized spacial score (nSPS) is 24.5. The minimum absolute atomic E-state index is 0.0381. The van der Waals surface area contributed by atoms with Crippen molar-refractivity contribution < 1.29 is 9.90 Å². The Morgan fingerprint density at radius 2 is 2.21 bits per heavy atom. The number of nitrogens with zero attached hydrogens (tertiary/aromatic N) is 3. The van der Waals surface area contributed by atoms with Gasteiger partial charge in [0.1, 0.15) is 0 Å². The van der Waals surface area contributed by atoms with E-state index in [0.29, 0.717) is 18.7 Å². The highest BCUT2D eigenvalue weighted by molar-refractivity contribution is 5.94. The third-order valence-electron chi connectivity index (χ3n) is 3.67. The van der Waals surface area contributed by atoms with Crippen molar-refractivity contribution in [2.24, 2.45) is 0 Å². The van der Waals surface area contributed by atoms with Crippen LogP contribution >= 0.6 is 0 Å². The number of pyridine rings is 1. The molecule has 1 aromatic heterocycles. The van der Waals surface area contributed by atoms with Crippen molar-refractivity contribution in [3.63, 3.8) is 0 Å². The Hall–Kier alpha value is -1.46. The number of piperazine rings is 1. The van der Waals surface area contributed by atoms with Crippen LogP contribution in [0.3, 0.4) is 0 Å². The number of aliphatic hydroxyl groups excluding tert-OH is 1. The molecule has 104 valence electrons. The quantitative estimate of drug-likeness (QED) is 0.868. The fraction of sp³-hybridized carbons (Fsp3) is 0.571. The standard InChI is InChI=1S/C14H21N3O2/c1-11-10-17(12(2)9-16(11)6-7-18)14(19)13-4-3-5-15-8-13/h3-5,8,11-12,18H,6-7,9-10H2,1-2H3. The van der Waals surface area contributed by atoms with E-state index < -0.39 is 0 Å². The van der Waals surface area contributed by atoms with Crippen LogP contribution in [0.25, 0.3) is 0 Å². The number of hydrogen-bond donors (Lipinski definition) is 1. The summed E-state index contributed by atoms with van der Waals surface area (Å²) in [6.45, 7) is 6.45. The molecule has 0 aromatic carbocycles. The molecule has 1 N–H and O–H groups in total. The molecular weight excluding hydrogens is 242 g/mol. The van der Waals surface area contributed by atoms with Gasteiger partial charge < -0.3 is 10.0 Å². The molecule has 1 aromatic rings. The van der Waals surface area contributed by atoms with Gasteiger partial charge in [0.15, 0.2) is 0 Å². The number of β-amino-alcohol motifs (C(OH)–C–C–N with tert-alkyl or cyclic N) is 1. The van der Waals surface area contributed by atoms with Crippen molar-refractivity contribution in [1.29, 1.82) is 0 Å². The lowest BCUT2D eigenvalue weighted by Gasteiger charge is -2.44. The summed E-state index contributed by atoms with van der Waals surface area (Å²) in [5.74, 6) is 0.0381. The van der Waals surface area contributed by atoms with E-state index in [-0.39, 0.29) is 24.6 Å². The Bertz CT molecular complexity index is 424. The van der Waals surface area contributed by atoms with E-state index in [1.807, 2.05) is 11.8 Å². The van der Waals surface area contributed by atoms with Crippen molar-refractivity contribution in [1.82, 2.24) is 14.8 Å². The smallest absolute Gasteiger partial charge is 0.255 e. The molecule has 5 nitrogen and oxygen atoms in total. The predicted molar refractivity (Wildman–Crippen MR) is 72.9 cm³/mol. The zero-order valence-electron chi connectivity index (χ0n) is 11.5. The van der Waals surface area contributed by atoms with Gasteiger partial charge in [-0.3, -0.25) is 14.7 Å². The summed E-state index contributed by atoms with van der Waals surface area (Å²) in [5, 5.41) is 9.05. The largest absolute Gasteiger partial charge is 0.395 e. The fourth-order valence-electron chi connectivity index (χ4n) is 2.58. The number of carbonyl (C=O) groups excluding carboxylic acids is 1. The second-order valence-corrected chi connectivity index (χ2v) is 5.12. The highest BCUT2D eigenvalue weighted by Crippen LogP contribution is 2.17. The molecule has 1 fully saturated rings. The second-order valence-electron chi connectivity index (χ2n) is 5.12. The first-order chi connectivity index (χ1) is 9.13. The van der Waals surface area contributed by atoms with Crippen LogP contribution in [0, 0.1) is 0 Å². The topological polar surface area (TPSA) is 56.7 Å². The molecule has 2 atom stereocenters. The van der Waals surface area contributed by atoms with Gasteiger partial charge >= 0.3 is 0 Å². The first-order valence-corrected chi connectivity index (χ1v) is 6.69. The van der Waals surface area contributed by atoms with Gasteiger partial charge in [-0.1, -0.05) is 0 Å². The van der Waals surface area contributed by atoms with E-state index in [1.54, 1.807) is 24.5 Å². The molecule has 0 bridgehead atoms. The number of hydrogen-bond acceptors (Lipinski definition) is 4. The molecule has 1 aliphatic rings. The fourth-order valence-corrected chi connectivity index (χ4v) is 2.58. The van der Waals surface area contributed by atoms with E-state index in [9.17, 15) is 4.79 Å². The summed E-state index contributed by atoms with van der Waals surface area (Å²) >= 11 is 0. The summed E-state index contributed by atoms with van der Waals surface area (Å²) in [7, 11) is 0. The molecule has 0 radical (unpaired) electrons. The summed E-state index contributed by atoms with van der Waals surface area (Å²) < 4.78 is 0. The SMILES string of the molecule is CC1CN(C(=O)c2cccnc2)C(C)CN1CCO. The van der Waals surface area contributed by atoms with Gasteiger partial charge in [-0.15, -0.1) is 0 Å². The van der Waals surface area contributed by atoms with Gasteiger partial charge in [0.05, 0.1) is 12.2 Å². The van der Waals surface area contributed by atoms with E-state index >= 15 is 0 Å². The molecular formula is C14H21N3O2. The van der Waals surface area contributed by atoms with Gasteiger partial charge in [-0.05, 0) is 26.0 Å². The minimum atomic E-state index is 0.0381. The summed E-state index contributed by atoms with van der Waals surface area (Å²) in [4.78, 5) is 20.6. The number of rotatable bonds is 3. The molecule has 2 heterocycles. The van der Waals surface area contributed by atoms with Crippen LogP contribution in [0.5, 0.6) is 0 Å². The van der Waals surface area contributed by atoms with Crippen molar-refractivity contribution in [3.05, 3.63) is 30.1 Å². The highest BCUT2D eigenvalue weighted by Gasteiger charge is 2.31. The number of amides is 1. The van der Waals surface area contributed by atoms with Gasteiger partial charge in [0.2, 0.25) is 0 Å². The highest BCUT2D eigenvalue weighted by atomic mass is 16.3. The molecule has 0 spiro atoms. The number of aromatic nitrogens is 1. The Morgan fingerprint density at radius 3 is 2.84 bits per heavy atom. The molecule has 19 heavy (non-hydrogen) atoms. The van der Waals surface area contributed by atoms with Crippen LogP contribution in [-0.2, 0) is 0 Å². The molecule has 1 saturated heterocycles. The lowest BCUT2D eigenvalue weighted by atomic mass is 10.1. The monoisotopic (exact) mass is 263 g/mol. The lowest BCUT2D eigenvalue weighted by Crippen LogP contribution is -2.58. The minimum Gasteiger partial charge on any atom is -0.395 e. The van der Waals surface area contributed by atoms with E-state index in [0.717, 1.165) is 6.54 Å². The lowest BCUT2D eigenvalue weighted by molar-refractivity contribution is 0.0265. The summed E-state index contributed by atoms with van der Waals surface area (Å²) in [5.41, 5.74) is 0.636. The Kier molecular flexibility index (Phi) is 4.50. The van der Waals surface area contributed by atoms with E-state index in [2.05, 4.69) is 16.8 Å². The Labute approximate surface area is 113 Å². The third-order valence-corrected chi connectivity index (χ3v) is 3.67. The second kappa shape index (κ2) is 6.12. The van der Waals surface area contributed by atoms with E-state index in [4.69, 9.17) is 5.11 Å². The first kappa shape index (κ1) is 14.0. The third kappa shape index (κ3) is 3.11.